The number of carboxylic acids is 1. The highest BCUT2D eigenvalue weighted by Gasteiger charge is 2.62. The third-order valence-corrected chi connectivity index (χ3v) is 4.56. The molecule has 0 amide bonds. The molecule has 3 atom stereocenters. The summed E-state index contributed by atoms with van der Waals surface area (Å²) < 4.78 is 6.91. The Bertz CT molecular complexity index is 706. The number of carboxylic acid groups (broad SMARTS) is 1. The van der Waals surface area contributed by atoms with Gasteiger partial charge in [0.15, 0.2) is 0 Å². The molecule has 0 saturated heterocycles. The van der Waals surface area contributed by atoms with Gasteiger partial charge in [-0.05, 0) is 18.8 Å². The Morgan fingerprint density at radius 1 is 1.50 bits per heavy atom. The molecule has 1 saturated carbocycles. The zero-order valence-corrected chi connectivity index (χ0v) is 12.3. The summed E-state index contributed by atoms with van der Waals surface area (Å²) in [6.45, 7) is 0.290. The number of aromatic nitrogens is 2. The summed E-state index contributed by atoms with van der Waals surface area (Å²) >= 11 is 0. The molecular weight excluding hydrogens is 284 g/mol. The van der Waals surface area contributed by atoms with Gasteiger partial charge < -0.3 is 9.84 Å². The Morgan fingerprint density at radius 3 is 2.91 bits per heavy atom. The lowest BCUT2D eigenvalue weighted by Crippen LogP contribution is -2.28. The van der Waals surface area contributed by atoms with Crippen LogP contribution in [-0.2, 0) is 11.8 Å². The quantitative estimate of drug-likeness (QED) is 0.888. The van der Waals surface area contributed by atoms with Gasteiger partial charge in [0, 0.05) is 24.6 Å². The van der Waals surface area contributed by atoms with E-state index in [4.69, 9.17) is 4.74 Å². The second-order valence-electron chi connectivity index (χ2n) is 5.91. The molecule has 1 unspecified atom stereocenters. The van der Waals surface area contributed by atoms with Crippen molar-refractivity contribution < 1.29 is 14.6 Å². The SMILES string of the molecule is Cn1nc(OC[C@@]2(C3C=CC=CC3)C[C@H]2C(=O)O)ccc1=O. The van der Waals surface area contributed by atoms with Crippen molar-refractivity contribution in [2.45, 2.75) is 12.8 Å². The smallest absolute Gasteiger partial charge is 0.307 e. The van der Waals surface area contributed by atoms with Gasteiger partial charge in [-0.25, -0.2) is 4.68 Å². The number of aryl methyl sites for hydroxylation is 1. The van der Waals surface area contributed by atoms with Crippen molar-refractivity contribution in [2.24, 2.45) is 24.3 Å². The average Bonchev–Trinajstić information content (AvgIpc) is 3.26. The van der Waals surface area contributed by atoms with Crippen molar-refractivity contribution in [3.63, 3.8) is 0 Å². The van der Waals surface area contributed by atoms with Crippen molar-refractivity contribution in [2.75, 3.05) is 6.61 Å². The van der Waals surface area contributed by atoms with E-state index in [0.29, 0.717) is 12.3 Å². The number of hydrogen-bond donors (Lipinski definition) is 1. The van der Waals surface area contributed by atoms with E-state index in [0.717, 1.165) is 6.42 Å². The monoisotopic (exact) mass is 302 g/mol. The second-order valence-corrected chi connectivity index (χ2v) is 5.91. The van der Waals surface area contributed by atoms with Crippen LogP contribution in [0.3, 0.4) is 0 Å². The van der Waals surface area contributed by atoms with E-state index in [9.17, 15) is 14.7 Å². The molecule has 22 heavy (non-hydrogen) atoms. The van der Waals surface area contributed by atoms with Gasteiger partial charge in [0.25, 0.3) is 5.56 Å². The topological polar surface area (TPSA) is 81.4 Å². The van der Waals surface area contributed by atoms with Gasteiger partial charge in [-0.15, -0.1) is 5.10 Å². The Kier molecular flexibility index (Phi) is 3.60. The predicted octanol–water partition coefficient (Wildman–Crippen LogP) is 1.38. The minimum Gasteiger partial charge on any atom is -0.481 e. The number of nitrogens with zero attached hydrogens (tertiary/aromatic N) is 2. The van der Waals surface area contributed by atoms with Crippen LogP contribution in [0.15, 0.2) is 41.2 Å². The summed E-state index contributed by atoms with van der Waals surface area (Å²) in [6, 6.07) is 2.91. The maximum atomic E-state index is 11.4. The molecule has 1 aromatic rings. The first-order valence-electron chi connectivity index (χ1n) is 7.26. The van der Waals surface area contributed by atoms with Crippen LogP contribution in [0.25, 0.3) is 0 Å². The molecule has 6 nitrogen and oxygen atoms in total. The van der Waals surface area contributed by atoms with Gasteiger partial charge in [0.1, 0.15) is 0 Å². The lowest BCUT2D eigenvalue weighted by molar-refractivity contribution is -0.140. The van der Waals surface area contributed by atoms with Crippen LogP contribution in [0.1, 0.15) is 12.8 Å². The fourth-order valence-electron chi connectivity index (χ4n) is 3.10. The first-order valence-corrected chi connectivity index (χ1v) is 7.26. The molecule has 0 aromatic carbocycles. The Balaban J connectivity index is 1.75. The van der Waals surface area contributed by atoms with Crippen LogP contribution in [0.4, 0.5) is 0 Å². The lowest BCUT2D eigenvalue weighted by Gasteiger charge is -2.25. The van der Waals surface area contributed by atoms with Crippen LogP contribution in [0.2, 0.25) is 0 Å². The van der Waals surface area contributed by atoms with E-state index in [1.807, 2.05) is 18.2 Å². The molecule has 3 rings (SSSR count). The molecule has 0 radical (unpaired) electrons. The number of aliphatic carboxylic acids is 1. The predicted molar refractivity (Wildman–Crippen MR) is 79.5 cm³/mol. The van der Waals surface area contributed by atoms with E-state index >= 15 is 0 Å². The molecule has 116 valence electrons. The summed E-state index contributed by atoms with van der Waals surface area (Å²) in [4.78, 5) is 22.7. The Hall–Kier alpha value is -2.37. The van der Waals surface area contributed by atoms with Crippen molar-refractivity contribution in [3.8, 4) is 5.88 Å². The van der Waals surface area contributed by atoms with Gasteiger partial charge in [-0.2, -0.15) is 0 Å². The third kappa shape index (κ3) is 2.56. The highest BCUT2D eigenvalue weighted by molar-refractivity contribution is 5.75. The molecule has 0 aliphatic heterocycles. The summed E-state index contributed by atoms with van der Waals surface area (Å²) in [5, 5.41) is 13.4. The van der Waals surface area contributed by atoms with E-state index in [2.05, 4.69) is 11.2 Å². The fraction of sp³-hybridized carbons (Fsp3) is 0.438. The van der Waals surface area contributed by atoms with Gasteiger partial charge >= 0.3 is 5.97 Å². The van der Waals surface area contributed by atoms with Gasteiger partial charge in [0.2, 0.25) is 5.88 Å². The molecule has 1 N–H and O–H groups in total. The van der Waals surface area contributed by atoms with Crippen LogP contribution in [-0.4, -0.2) is 27.5 Å². The molecule has 1 aromatic heterocycles. The minimum atomic E-state index is -0.778. The van der Waals surface area contributed by atoms with Gasteiger partial charge in [-0.3, -0.25) is 9.59 Å². The number of rotatable bonds is 5. The second kappa shape index (κ2) is 5.44. The lowest BCUT2D eigenvalue weighted by atomic mass is 9.82. The number of allylic oxidation sites excluding steroid dienone is 4. The van der Waals surface area contributed by atoms with E-state index in [1.165, 1.54) is 16.8 Å². The van der Waals surface area contributed by atoms with Crippen LogP contribution in [0.5, 0.6) is 5.88 Å². The van der Waals surface area contributed by atoms with Gasteiger partial charge in [-0.1, -0.05) is 24.3 Å². The minimum absolute atomic E-state index is 0.158. The van der Waals surface area contributed by atoms with Crippen molar-refractivity contribution in [3.05, 3.63) is 46.8 Å². The van der Waals surface area contributed by atoms with Crippen LogP contribution >= 0.6 is 0 Å². The van der Waals surface area contributed by atoms with Gasteiger partial charge in [0.05, 0.1) is 12.5 Å². The summed E-state index contributed by atoms with van der Waals surface area (Å²) in [5.74, 6) is -0.667. The van der Waals surface area contributed by atoms with Crippen molar-refractivity contribution >= 4 is 5.97 Å². The molecule has 6 heteroatoms. The molecule has 2 aliphatic carbocycles. The third-order valence-electron chi connectivity index (χ3n) is 4.56. The summed E-state index contributed by atoms with van der Waals surface area (Å²) in [7, 11) is 1.55. The number of carbonyl (C=O) groups is 1. The standard InChI is InChI=1S/C16H18N2O4/c1-18-14(19)8-7-13(17-18)22-10-16(9-12(16)15(20)21)11-5-3-2-4-6-11/h2-5,7-8,11-12H,6,9-10H2,1H3,(H,20,21)/t11?,12-,16+/m0/s1. The highest BCUT2D eigenvalue weighted by Crippen LogP contribution is 2.59. The average molecular weight is 302 g/mol. The zero-order chi connectivity index (χ0) is 15.7. The molecule has 0 spiro atoms. The zero-order valence-electron chi connectivity index (χ0n) is 12.3. The molecule has 0 bridgehead atoms. The first kappa shape index (κ1) is 14.6. The maximum Gasteiger partial charge on any atom is 0.307 e. The van der Waals surface area contributed by atoms with E-state index in [-0.39, 0.29) is 29.4 Å². The largest absolute Gasteiger partial charge is 0.481 e. The first-order chi connectivity index (χ1) is 10.5. The molecular formula is C16H18N2O4. The summed E-state index contributed by atoms with van der Waals surface area (Å²) in [5.41, 5.74) is -0.596. The van der Waals surface area contributed by atoms with Crippen molar-refractivity contribution in [1.82, 2.24) is 9.78 Å². The van der Waals surface area contributed by atoms with Crippen molar-refractivity contribution in [1.29, 1.82) is 0 Å². The van der Waals surface area contributed by atoms with Crippen LogP contribution < -0.4 is 10.3 Å². The molecule has 1 fully saturated rings. The Labute approximate surface area is 127 Å². The van der Waals surface area contributed by atoms with Crippen LogP contribution in [0, 0.1) is 17.3 Å². The van der Waals surface area contributed by atoms with E-state index in [1.54, 1.807) is 7.05 Å². The molecule has 2 aliphatic rings. The number of hydrogen-bond acceptors (Lipinski definition) is 4. The maximum absolute atomic E-state index is 11.4. The normalized spacial score (nSPS) is 29.3. The number of ether oxygens (including phenoxy) is 1. The van der Waals surface area contributed by atoms with E-state index < -0.39 is 5.97 Å². The Morgan fingerprint density at radius 2 is 2.32 bits per heavy atom. The highest BCUT2D eigenvalue weighted by atomic mass is 16.5. The fourth-order valence-corrected chi connectivity index (χ4v) is 3.10. The summed E-state index contributed by atoms with van der Waals surface area (Å²) in [6.07, 6.45) is 9.46. The molecule has 1 heterocycles.